The van der Waals surface area contributed by atoms with Crippen LogP contribution in [0.1, 0.15) is 47.1 Å². The molecule has 2 rings (SSSR count). The van der Waals surface area contributed by atoms with Gasteiger partial charge in [0.2, 0.25) is 0 Å². The van der Waals surface area contributed by atoms with Crippen LogP contribution in [0.15, 0.2) is 36.0 Å². The van der Waals surface area contributed by atoms with Crippen LogP contribution in [-0.2, 0) is 6.42 Å². The predicted octanol–water partition coefficient (Wildman–Crippen LogP) is 5.03. The van der Waals surface area contributed by atoms with E-state index in [9.17, 15) is 0 Å². The molecule has 0 saturated carbocycles. The van der Waals surface area contributed by atoms with Gasteiger partial charge in [0.15, 0.2) is 0 Å². The summed E-state index contributed by atoms with van der Waals surface area (Å²) in [7, 11) is 0. The molecule has 0 aliphatic carbocycles. The highest BCUT2D eigenvalue weighted by atomic mass is 15.1. The molecule has 96 valence electrons. The predicted molar refractivity (Wildman–Crippen MR) is 79.6 cm³/mol. The summed E-state index contributed by atoms with van der Waals surface area (Å²) < 4.78 is 0. The lowest BCUT2D eigenvalue weighted by Gasteiger charge is -2.14. The summed E-state index contributed by atoms with van der Waals surface area (Å²) in [5.74, 6) is 0. The van der Waals surface area contributed by atoms with Crippen LogP contribution in [-0.4, -0.2) is 6.54 Å². The van der Waals surface area contributed by atoms with Gasteiger partial charge in [-0.05, 0) is 31.9 Å². The van der Waals surface area contributed by atoms with E-state index in [-0.39, 0.29) is 0 Å². The Balaban J connectivity index is 0.000000581. The van der Waals surface area contributed by atoms with Gasteiger partial charge in [-0.25, -0.2) is 0 Å². The van der Waals surface area contributed by atoms with Gasteiger partial charge in [-0.1, -0.05) is 51.5 Å². The van der Waals surface area contributed by atoms with Crippen molar-refractivity contribution in [3.8, 4) is 0 Å². The zero-order valence-corrected chi connectivity index (χ0v) is 12.2. The zero-order chi connectivity index (χ0) is 13.3. The third-order valence-corrected chi connectivity index (χ3v) is 2.34. The highest BCUT2D eigenvalue weighted by molar-refractivity contribution is 5.60. The molecule has 1 heteroatoms. The summed E-state index contributed by atoms with van der Waals surface area (Å²) in [5.41, 5.74) is 4.21. The maximum atomic E-state index is 2.34. The van der Waals surface area contributed by atoms with Crippen LogP contribution in [0.3, 0.4) is 0 Å². The Morgan fingerprint density at radius 2 is 1.65 bits per heavy atom. The molecule has 0 saturated heterocycles. The van der Waals surface area contributed by atoms with Crippen molar-refractivity contribution in [3.63, 3.8) is 0 Å². The Kier molecular flexibility index (Phi) is 8.21. The molecule has 0 unspecified atom stereocenters. The van der Waals surface area contributed by atoms with E-state index in [1.54, 1.807) is 0 Å². The van der Waals surface area contributed by atoms with Gasteiger partial charge in [-0.3, -0.25) is 0 Å². The van der Waals surface area contributed by atoms with E-state index in [4.69, 9.17) is 0 Å². The molecule has 0 bridgehead atoms. The first-order chi connectivity index (χ1) is 8.27. The molecule has 1 aromatic rings. The molecule has 0 atom stereocenters. The summed E-state index contributed by atoms with van der Waals surface area (Å²) >= 11 is 0. The normalized spacial score (nSPS) is 11.5. The van der Waals surface area contributed by atoms with Crippen molar-refractivity contribution in [2.24, 2.45) is 0 Å². The molecule has 0 amide bonds. The van der Waals surface area contributed by atoms with E-state index in [0.29, 0.717) is 0 Å². The first kappa shape index (κ1) is 15.8. The molecule has 1 nitrogen and oxygen atoms in total. The number of hydrogen-bond donors (Lipinski definition) is 0. The highest BCUT2D eigenvalue weighted by Crippen LogP contribution is 2.27. The monoisotopic (exact) mass is 233 g/mol. The van der Waals surface area contributed by atoms with Crippen molar-refractivity contribution in [1.29, 1.82) is 0 Å². The van der Waals surface area contributed by atoms with Crippen LogP contribution in [0.4, 0.5) is 5.69 Å². The second-order valence-corrected chi connectivity index (χ2v) is 3.78. The standard InChI is InChI=1S/C12H15N.2C2H6/c1-10(2)9-13-8-7-11-5-3-4-6-12(11)13;2*1-2/h3-6,9H,7-8H2,1-2H3;2*1-2H3. The SMILES string of the molecule is CC.CC.CC(C)=CN1CCc2ccccc21. The topological polar surface area (TPSA) is 3.24 Å². The number of nitrogens with zero attached hydrogens (tertiary/aromatic N) is 1. The second-order valence-electron chi connectivity index (χ2n) is 3.78. The van der Waals surface area contributed by atoms with E-state index in [2.05, 4.69) is 49.2 Å². The van der Waals surface area contributed by atoms with Crippen molar-refractivity contribution in [3.05, 3.63) is 41.6 Å². The van der Waals surface area contributed by atoms with E-state index in [0.717, 1.165) is 6.54 Å². The molecule has 1 aliphatic heterocycles. The van der Waals surface area contributed by atoms with Crippen LogP contribution in [0.25, 0.3) is 0 Å². The maximum absolute atomic E-state index is 2.34. The molecular weight excluding hydrogens is 206 g/mol. The van der Waals surface area contributed by atoms with Crippen LogP contribution in [0.2, 0.25) is 0 Å². The largest absolute Gasteiger partial charge is 0.347 e. The quantitative estimate of drug-likeness (QED) is 0.658. The second kappa shape index (κ2) is 8.86. The number of benzene rings is 1. The van der Waals surface area contributed by atoms with Crippen LogP contribution in [0.5, 0.6) is 0 Å². The summed E-state index contributed by atoms with van der Waals surface area (Å²) in [6, 6.07) is 8.64. The molecule has 0 fully saturated rings. The molecule has 1 aliphatic rings. The molecule has 0 aromatic heterocycles. The lowest BCUT2D eigenvalue weighted by molar-refractivity contribution is 0.983. The summed E-state index contributed by atoms with van der Waals surface area (Å²) in [4.78, 5) is 2.34. The first-order valence-corrected chi connectivity index (χ1v) is 6.77. The minimum absolute atomic E-state index is 1.13. The van der Waals surface area contributed by atoms with Gasteiger partial charge >= 0.3 is 0 Å². The molecule has 0 spiro atoms. The maximum Gasteiger partial charge on any atom is 0.0439 e. The van der Waals surface area contributed by atoms with Crippen molar-refractivity contribution in [2.45, 2.75) is 48.0 Å². The van der Waals surface area contributed by atoms with E-state index < -0.39 is 0 Å². The third kappa shape index (κ3) is 4.64. The fourth-order valence-electron chi connectivity index (χ4n) is 1.81. The van der Waals surface area contributed by atoms with Gasteiger partial charge in [0.1, 0.15) is 0 Å². The average Bonchev–Trinajstić information content (AvgIpc) is 2.77. The molecule has 0 N–H and O–H groups in total. The van der Waals surface area contributed by atoms with Gasteiger partial charge < -0.3 is 4.90 Å². The average molecular weight is 233 g/mol. The number of anilines is 1. The molecular formula is C16H27N. The van der Waals surface area contributed by atoms with Gasteiger partial charge in [0, 0.05) is 18.4 Å². The van der Waals surface area contributed by atoms with Crippen molar-refractivity contribution in [2.75, 3.05) is 11.4 Å². The van der Waals surface area contributed by atoms with E-state index in [1.165, 1.54) is 23.2 Å². The fraction of sp³-hybridized carbons (Fsp3) is 0.500. The van der Waals surface area contributed by atoms with Crippen LogP contribution in [0, 0.1) is 0 Å². The third-order valence-electron chi connectivity index (χ3n) is 2.34. The summed E-state index contributed by atoms with van der Waals surface area (Å²) in [5, 5.41) is 0. The van der Waals surface area contributed by atoms with E-state index in [1.807, 2.05) is 27.7 Å². The number of rotatable bonds is 1. The van der Waals surface area contributed by atoms with Gasteiger partial charge in [0.05, 0.1) is 0 Å². The van der Waals surface area contributed by atoms with Gasteiger partial charge in [-0.15, -0.1) is 0 Å². The van der Waals surface area contributed by atoms with Crippen LogP contribution >= 0.6 is 0 Å². The van der Waals surface area contributed by atoms with Gasteiger partial charge in [-0.2, -0.15) is 0 Å². The Hall–Kier alpha value is -1.24. The molecule has 0 radical (unpaired) electrons. The Morgan fingerprint density at radius 1 is 1.06 bits per heavy atom. The first-order valence-electron chi connectivity index (χ1n) is 6.77. The Morgan fingerprint density at radius 3 is 2.24 bits per heavy atom. The molecule has 1 heterocycles. The Bertz CT molecular complexity index is 335. The fourth-order valence-corrected chi connectivity index (χ4v) is 1.81. The van der Waals surface area contributed by atoms with E-state index >= 15 is 0 Å². The molecule has 1 aromatic carbocycles. The van der Waals surface area contributed by atoms with Crippen molar-refractivity contribution in [1.82, 2.24) is 0 Å². The Labute approximate surface area is 107 Å². The minimum Gasteiger partial charge on any atom is -0.347 e. The van der Waals surface area contributed by atoms with Crippen molar-refractivity contribution >= 4 is 5.69 Å². The highest BCUT2D eigenvalue weighted by Gasteiger charge is 2.15. The number of para-hydroxylation sites is 1. The number of hydrogen-bond acceptors (Lipinski definition) is 1. The lowest BCUT2D eigenvalue weighted by atomic mass is 10.2. The molecule has 17 heavy (non-hydrogen) atoms. The smallest absolute Gasteiger partial charge is 0.0439 e. The summed E-state index contributed by atoms with van der Waals surface area (Å²) in [6.45, 7) is 13.4. The number of fused-ring (bicyclic) bond motifs is 1. The lowest BCUT2D eigenvalue weighted by Crippen LogP contribution is -2.12. The zero-order valence-electron chi connectivity index (χ0n) is 12.2. The van der Waals surface area contributed by atoms with Gasteiger partial charge in [0.25, 0.3) is 0 Å². The van der Waals surface area contributed by atoms with Crippen LogP contribution < -0.4 is 4.90 Å². The number of allylic oxidation sites excluding steroid dienone is 1. The summed E-state index contributed by atoms with van der Waals surface area (Å²) in [6.07, 6.45) is 3.41. The van der Waals surface area contributed by atoms with Crippen molar-refractivity contribution < 1.29 is 0 Å². The minimum atomic E-state index is 1.13.